The monoisotopic (exact) mass is 393 g/mol. The zero-order valence-electron chi connectivity index (χ0n) is 15.8. The molecule has 1 aliphatic heterocycles. The van der Waals surface area contributed by atoms with Crippen LogP contribution in [-0.4, -0.2) is 55.6 Å². The number of carbonyl (C=O) groups is 2. The van der Waals surface area contributed by atoms with Crippen molar-refractivity contribution in [2.75, 3.05) is 32.1 Å². The number of morpholine rings is 1. The number of rotatable bonds is 5. The summed E-state index contributed by atoms with van der Waals surface area (Å²) in [5, 5.41) is 6.46. The van der Waals surface area contributed by atoms with Crippen LogP contribution in [0.15, 0.2) is 18.2 Å². The molecule has 0 radical (unpaired) electrons. The van der Waals surface area contributed by atoms with Gasteiger partial charge in [0.15, 0.2) is 0 Å². The fourth-order valence-electron chi connectivity index (χ4n) is 3.78. The van der Waals surface area contributed by atoms with Gasteiger partial charge in [0.25, 0.3) is 5.91 Å². The summed E-state index contributed by atoms with van der Waals surface area (Å²) in [6, 6.07) is 5.38. The van der Waals surface area contributed by atoms with Crippen LogP contribution < -0.4 is 10.6 Å². The first-order valence-electron chi connectivity index (χ1n) is 9.72. The average Bonchev–Trinajstić information content (AvgIpc) is 2.68. The van der Waals surface area contributed by atoms with Gasteiger partial charge < -0.3 is 20.3 Å². The van der Waals surface area contributed by atoms with Crippen molar-refractivity contribution in [2.24, 2.45) is 0 Å². The van der Waals surface area contributed by atoms with Crippen molar-refractivity contribution in [2.45, 2.75) is 50.6 Å². The van der Waals surface area contributed by atoms with Crippen molar-refractivity contribution in [3.8, 4) is 0 Å². The Labute approximate surface area is 165 Å². The number of hydrogen-bond acceptors (Lipinski definition) is 4. The quantitative estimate of drug-likeness (QED) is 0.806. The van der Waals surface area contributed by atoms with E-state index < -0.39 is 0 Å². The Bertz CT molecular complexity index is 670. The number of benzene rings is 1. The van der Waals surface area contributed by atoms with Gasteiger partial charge in [-0.2, -0.15) is 0 Å². The molecular formula is C20H28ClN3O3. The number of nitrogens with zero attached hydrogens (tertiary/aromatic N) is 1. The van der Waals surface area contributed by atoms with Crippen LogP contribution in [0.3, 0.4) is 0 Å². The number of amides is 2. The Kier molecular flexibility index (Phi) is 7.10. The minimum absolute atomic E-state index is 0.0271. The number of halogens is 1. The molecule has 1 atom stereocenters. The van der Waals surface area contributed by atoms with Gasteiger partial charge in [0, 0.05) is 37.8 Å². The van der Waals surface area contributed by atoms with Crippen molar-refractivity contribution in [1.29, 1.82) is 0 Å². The normalized spacial score (nSPS) is 20.9. The van der Waals surface area contributed by atoms with Crippen LogP contribution in [0.5, 0.6) is 0 Å². The molecule has 0 spiro atoms. The maximum absolute atomic E-state index is 12.8. The summed E-state index contributed by atoms with van der Waals surface area (Å²) < 4.78 is 5.36. The summed E-state index contributed by atoms with van der Waals surface area (Å²) in [7, 11) is 1.85. The van der Waals surface area contributed by atoms with Crippen LogP contribution in [-0.2, 0) is 9.53 Å². The van der Waals surface area contributed by atoms with E-state index in [2.05, 4.69) is 10.6 Å². The Morgan fingerprint density at radius 3 is 2.74 bits per heavy atom. The van der Waals surface area contributed by atoms with Gasteiger partial charge in [-0.15, -0.1) is 0 Å². The largest absolute Gasteiger partial charge is 0.378 e. The maximum Gasteiger partial charge on any atom is 0.255 e. The lowest BCUT2D eigenvalue weighted by Crippen LogP contribution is -2.43. The predicted octanol–water partition coefficient (Wildman–Crippen LogP) is 3.06. The first-order valence-corrected chi connectivity index (χ1v) is 10.1. The number of nitrogens with one attached hydrogen (secondary N) is 2. The lowest BCUT2D eigenvalue weighted by atomic mass is 9.94. The zero-order valence-corrected chi connectivity index (χ0v) is 16.6. The van der Waals surface area contributed by atoms with E-state index in [9.17, 15) is 9.59 Å². The van der Waals surface area contributed by atoms with Gasteiger partial charge >= 0.3 is 0 Å². The third-order valence-corrected chi connectivity index (χ3v) is 5.67. The molecule has 6 nitrogen and oxygen atoms in total. The van der Waals surface area contributed by atoms with Crippen LogP contribution >= 0.6 is 11.6 Å². The van der Waals surface area contributed by atoms with Gasteiger partial charge in [0.05, 0.1) is 23.8 Å². The van der Waals surface area contributed by atoms with Crippen LogP contribution in [0.25, 0.3) is 0 Å². The summed E-state index contributed by atoms with van der Waals surface area (Å²) in [6.45, 7) is 1.97. The molecule has 1 saturated carbocycles. The van der Waals surface area contributed by atoms with Crippen LogP contribution in [0.4, 0.5) is 5.69 Å². The highest BCUT2D eigenvalue weighted by molar-refractivity contribution is 6.34. The van der Waals surface area contributed by atoms with Gasteiger partial charge in [-0.25, -0.2) is 0 Å². The van der Waals surface area contributed by atoms with E-state index in [1.807, 2.05) is 11.9 Å². The fraction of sp³-hybridized carbons (Fsp3) is 0.600. The molecule has 1 aromatic carbocycles. The van der Waals surface area contributed by atoms with Gasteiger partial charge in [0.2, 0.25) is 5.91 Å². The summed E-state index contributed by atoms with van der Waals surface area (Å²) in [5.41, 5.74) is 1.07. The molecular weight excluding hydrogens is 366 g/mol. The van der Waals surface area contributed by atoms with Crippen molar-refractivity contribution < 1.29 is 14.3 Å². The molecule has 2 aliphatic rings. The second-order valence-corrected chi connectivity index (χ2v) is 7.79. The molecule has 1 heterocycles. The molecule has 3 rings (SSSR count). The van der Waals surface area contributed by atoms with Crippen molar-refractivity contribution >= 4 is 29.1 Å². The summed E-state index contributed by atoms with van der Waals surface area (Å²) in [4.78, 5) is 26.8. The second kappa shape index (κ2) is 9.53. The number of ether oxygens (including phenoxy) is 1. The van der Waals surface area contributed by atoms with Gasteiger partial charge in [-0.05, 0) is 31.0 Å². The topological polar surface area (TPSA) is 70.7 Å². The Morgan fingerprint density at radius 1 is 1.30 bits per heavy atom. The summed E-state index contributed by atoms with van der Waals surface area (Å²) in [6.07, 6.45) is 6.02. The molecule has 2 fully saturated rings. The third kappa shape index (κ3) is 5.43. The van der Waals surface area contributed by atoms with Gasteiger partial charge in [0.1, 0.15) is 0 Å². The first kappa shape index (κ1) is 20.1. The van der Waals surface area contributed by atoms with E-state index in [-0.39, 0.29) is 23.9 Å². The highest BCUT2D eigenvalue weighted by Gasteiger charge is 2.24. The van der Waals surface area contributed by atoms with E-state index >= 15 is 0 Å². The standard InChI is InChI=1S/C20H28ClN3O3/c1-24(16-5-3-2-4-6-16)20(26)17-8-7-14(11-18(17)21)23-19(25)12-15-13-27-10-9-22-15/h7-8,11,15-16,22H,2-6,9-10,12-13H2,1H3,(H,23,25). The van der Waals surface area contributed by atoms with Crippen molar-refractivity contribution in [3.63, 3.8) is 0 Å². The SMILES string of the molecule is CN(C(=O)c1ccc(NC(=O)CC2COCCN2)cc1Cl)C1CCCCC1. The second-order valence-electron chi connectivity index (χ2n) is 7.38. The van der Waals surface area contributed by atoms with Gasteiger partial charge in [-0.3, -0.25) is 9.59 Å². The van der Waals surface area contributed by atoms with Crippen LogP contribution in [0, 0.1) is 0 Å². The first-order chi connectivity index (χ1) is 13.0. The molecule has 1 aromatic rings. The molecule has 1 saturated heterocycles. The maximum atomic E-state index is 12.8. The fourth-order valence-corrected chi connectivity index (χ4v) is 4.04. The number of hydrogen-bond donors (Lipinski definition) is 2. The molecule has 148 valence electrons. The van der Waals surface area contributed by atoms with E-state index in [1.54, 1.807) is 18.2 Å². The molecule has 7 heteroatoms. The zero-order chi connectivity index (χ0) is 19.2. The Hall–Kier alpha value is -1.63. The minimum atomic E-state index is -0.104. The van der Waals surface area contributed by atoms with Crippen LogP contribution in [0.2, 0.25) is 5.02 Å². The average molecular weight is 394 g/mol. The van der Waals surface area contributed by atoms with E-state index in [1.165, 1.54) is 19.3 Å². The Balaban J connectivity index is 1.59. The molecule has 0 aromatic heterocycles. The lowest BCUT2D eigenvalue weighted by Gasteiger charge is -2.31. The van der Waals surface area contributed by atoms with E-state index in [0.29, 0.717) is 35.9 Å². The molecule has 0 bridgehead atoms. The van der Waals surface area contributed by atoms with Crippen molar-refractivity contribution in [1.82, 2.24) is 10.2 Å². The highest BCUT2D eigenvalue weighted by Crippen LogP contribution is 2.26. The van der Waals surface area contributed by atoms with Crippen molar-refractivity contribution in [3.05, 3.63) is 28.8 Å². The molecule has 27 heavy (non-hydrogen) atoms. The predicted molar refractivity (Wildman–Crippen MR) is 106 cm³/mol. The highest BCUT2D eigenvalue weighted by atomic mass is 35.5. The molecule has 2 amide bonds. The summed E-state index contributed by atoms with van der Waals surface area (Å²) in [5.74, 6) is -0.166. The van der Waals surface area contributed by atoms with E-state index in [0.717, 1.165) is 19.4 Å². The lowest BCUT2D eigenvalue weighted by molar-refractivity contribution is -0.117. The van der Waals surface area contributed by atoms with Crippen LogP contribution in [0.1, 0.15) is 48.9 Å². The third-order valence-electron chi connectivity index (χ3n) is 5.36. The molecule has 1 unspecified atom stereocenters. The Morgan fingerprint density at radius 2 is 2.07 bits per heavy atom. The van der Waals surface area contributed by atoms with E-state index in [4.69, 9.17) is 16.3 Å². The number of carbonyl (C=O) groups excluding carboxylic acids is 2. The van der Waals surface area contributed by atoms with Gasteiger partial charge in [-0.1, -0.05) is 30.9 Å². The molecule has 2 N–H and O–H groups in total. The summed E-state index contributed by atoms with van der Waals surface area (Å²) >= 11 is 6.35. The smallest absolute Gasteiger partial charge is 0.255 e. The minimum Gasteiger partial charge on any atom is -0.378 e. The number of anilines is 1. The molecule has 1 aliphatic carbocycles.